The normalized spacial score (nSPS) is 18.0. The maximum Gasteiger partial charge on any atom is 0.0210 e. The van der Waals surface area contributed by atoms with Crippen LogP contribution in [0.1, 0.15) is 222 Å². The Morgan fingerprint density at radius 2 is 0.678 bits per heavy atom. The molecule has 0 nitrogen and oxygen atoms in total. The van der Waals surface area contributed by atoms with E-state index in [4.69, 9.17) is 0 Å². The summed E-state index contributed by atoms with van der Waals surface area (Å²) in [6.07, 6.45) is 46.0. The zero-order valence-electron chi connectivity index (χ0n) is 57.7. The lowest BCUT2D eigenvalue weighted by atomic mass is 9.89. The van der Waals surface area contributed by atoms with Crippen LogP contribution in [0, 0.1) is 48.5 Å². The summed E-state index contributed by atoms with van der Waals surface area (Å²) >= 11 is 0. The lowest BCUT2D eigenvalue weighted by molar-refractivity contribution is 0.838. The van der Waals surface area contributed by atoms with E-state index in [9.17, 15) is 0 Å². The van der Waals surface area contributed by atoms with Gasteiger partial charge in [0.25, 0.3) is 0 Å². The summed E-state index contributed by atoms with van der Waals surface area (Å²) in [7, 11) is 0. The Kier molecular flexibility index (Phi) is 21.0. The molecule has 0 saturated carbocycles. The predicted octanol–water partition coefficient (Wildman–Crippen LogP) is 24.3. The molecule has 0 radical (unpaired) electrons. The van der Waals surface area contributed by atoms with Crippen molar-refractivity contribution < 1.29 is 0 Å². The fraction of sp³-hybridized carbons (Fsp3) is 0.333. The fourth-order valence-electron chi connectivity index (χ4n) is 14.8. The van der Waals surface area contributed by atoms with E-state index in [1.165, 1.54) is 167 Å². The van der Waals surface area contributed by atoms with E-state index in [0.717, 1.165) is 64.2 Å². The number of hydrogen-bond donors (Lipinski definition) is 0. The summed E-state index contributed by atoms with van der Waals surface area (Å²) in [6.45, 7) is 36.0. The average molecular weight is 1180 g/mol. The highest BCUT2D eigenvalue weighted by atomic mass is 14.3. The van der Waals surface area contributed by atoms with Crippen LogP contribution in [-0.4, -0.2) is 0 Å². The summed E-state index contributed by atoms with van der Waals surface area (Å²) in [5.74, 6) is 1.89. The predicted molar refractivity (Wildman–Crippen MR) is 393 cm³/mol. The summed E-state index contributed by atoms with van der Waals surface area (Å²) in [5.41, 5.74) is 43.0. The largest absolute Gasteiger partial charge is 0.0730 e. The SMILES string of the molecule is CCc1cc(C)c(CC2=CC(c3ccc(C4C=CC(C)=C4)c(C)c3)=CC2)cc1C(C)C.CCc1cc(CC2=CC(c3ccc(C4C=CC(C)=C4)c(C)c3)=CC2)c(C)cc1C.CCc1cc(CC2=CC(c3ccc(C4C=CC(C)=C4)c(CC)c3)=CC2)c(C)cc1C. The monoisotopic (exact) mass is 1180 g/mol. The second kappa shape index (κ2) is 29.0. The quantitative estimate of drug-likeness (QED) is 0.0854. The molecule has 0 bridgehead atoms. The van der Waals surface area contributed by atoms with Crippen LogP contribution in [0.25, 0.3) is 16.7 Å². The molecule has 0 amide bonds. The molecule has 6 aromatic carbocycles. The highest BCUT2D eigenvalue weighted by Crippen LogP contribution is 2.39. The lowest BCUT2D eigenvalue weighted by Gasteiger charge is -2.17. The van der Waals surface area contributed by atoms with Gasteiger partial charge in [0.2, 0.25) is 0 Å². The summed E-state index contributed by atoms with van der Waals surface area (Å²) in [4.78, 5) is 0. The van der Waals surface area contributed by atoms with Crippen LogP contribution < -0.4 is 0 Å². The van der Waals surface area contributed by atoms with E-state index >= 15 is 0 Å². The van der Waals surface area contributed by atoms with Gasteiger partial charge in [0, 0.05) is 17.8 Å². The second-order valence-corrected chi connectivity index (χ2v) is 27.4. The van der Waals surface area contributed by atoms with Gasteiger partial charge in [-0.3, -0.25) is 0 Å². The maximum atomic E-state index is 2.47. The van der Waals surface area contributed by atoms with Crippen molar-refractivity contribution in [2.75, 3.05) is 0 Å². The highest BCUT2D eigenvalue weighted by molar-refractivity contribution is 5.80. The third-order valence-corrected chi connectivity index (χ3v) is 20.2. The van der Waals surface area contributed by atoms with E-state index in [2.05, 4.69) is 293 Å². The van der Waals surface area contributed by atoms with E-state index in [-0.39, 0.29) is 0 Å². The molecule has 0 aromatic heterocycles. The lowest BCUT2D eigenvalue weighted by Crippen LogP contribution is -2.01. The van der Waals surface area contributed by atoms with Crippen LogP contribution in [0.2, 0.25) is 0 Å². The Hall–Kier alpha value is -7.80. The standard InChI is InChI=1S/C31H36.C30H34.C29H32/c1-7-25-15-22(5)29(19-31(25)20(2)3)18-24-9-11-27(17-24)26-12-13-30(23(6)16-26)28-10-8-21(4)14-28;1-6-24-18-29(22(5)15-21(24)4)17-23-9-11-26(16-23)27-12-13-30(25(7-2)19-27)28-10-8-20(3)14-28;1-6-24-18-28(21(4)14-20(24)3)17-23-8-10-26(16-23)25-11-12-29(22(5)15-25)27-9-7-19(2)13-27/h8,10-17,19-20,28H,7,9,18H2,1-6H3;8,10-16,18-19,28H,6-7,9,17H2,1-5H3;7,9-16,18,27H,6,8,17H2,1-5H3. The van der Waals surface area contributed by atoms with Crippen molar-refractivity contribution in [3.05, 3.63) is 332 Å². The van der Waals surface area contributed by atoms with Crippen LogP contribution in [0.5, 0.6) is 0 Å². The molecular weight excluding hydrogens is 1080 g/mol. The zero-order valence-corrected chi connectivity index (χ0v) is 57.7. The maximum absolute atomic E-state index is 2.47. The van der Waals surface area contributed by atoms with E-state index < -0.39 is 0 Å². The van der Waals surface area contributed by atoms with Crippen molar-refractivity contribution in [1.29, 1.82) is 0 Å². The Labute approximate surface area is 544 Å². The molecular formula is C90H102. The topological polar surface area (TPSA) is 0 Å². The van der Waals surface area contributed by atoms with Crippen molar-refractivity contribution in [3.8, 4) is 0 Å². The van der Waals surface area contributed by atoms with Gasteiger partial charge < -0.3 is 0 Å². The molecule has 6 aliphatic carbocycles. The van der Waals surface area contributed by atoms with Gasteiger partial charge >= 0.3 is 0 Å². The van der Waals surface area contributed by atoms with E-state index in [1.807, 2.05) is 0 Å². The fourth-order valence-corrected chi connectivity index (χ4v) is 14.8. The molecule has 6 aromatic rings. The van der Waals surface area contributed by atoms with Crippen LogP contribution >= 0.6 is 0 Å². The van der Waals surface area contributed by atoms with Gasteiger partial charge in [0.05, 0.1) is 0 Å². The number of hydrogen-bond acceptors (Lipinski definition) is 0. The molecule has 0 fully saturated rings. The number of rotatable bonds is 17. The second-order valence-electron chi connectivity index (χ2n) is 27.4. The van der Waals surface area contributed by atoms with Crippen molar-refractivity contribution in [3.63, 3.8) is 0 Å². The highest BCUT2D eigenvalue weighted by Gasteiger charge is 2.21. The first-order chi connectivity index (χ1) is 43.3. The van der Waals surface area contributed by atoms with Gasteiger partial charge in [0.15, 0.2) is 0 Å². The molecule has 0 saturated heterocycles. The van der Waals surface area contributed by atoms with Gasteiger partial charge in [-0.1, -0.05) is 257 Å². The van der Waals surface area contributed by atoms with E-state index in [1.54, 1.807) is 0 Å². The summed E-state index contributed by atoms with van der Waals surface area (Å²) < 4.78 is 0. The molecule has 0 heteroatoms. The molecule has 6 aliphatic rings. The summed E-state index contributed by atoms with van der Waals surface area (Å²) in [6, 6.07) is 35.5. The molecule has 90 heavy (non-hydrogen) atoms. The number of benzene rings is 6. The first-order valence-electron chi connectivity index (χ1n) is 34.2. The molecule has 3 atom stereocenters. The minimum atomic E-state index is 0.432. The van der Waals surface area contributed by atoms with Gasteiger partial charge in [0.1, 0.15) is 0 Å². The third kappa shape index (κ3) is 15.3. The molecule has 0 N–H and O–H groups in total. The number of aryl methyl sites for hydroxylation is 11. The average Bonchev–Trinajstić information content (AvgIpc) is 1.86. The number of allylic oxidation sites excluding steroid dienone is 24. The molecule has 0 spiro atoms. The molecule has 12 rings (SSSR count). The smallest absolute Gasteiger partial charge is 0.0210 e. The van der Waals surface area contributed by atoms with Crippen LogP contribution in [0.4, 0.5) is 0 Å². The van der Waals surface area contributed by atoms with Crippen molar-refractivity contribution in [2.24, 2.45) is 0 Å². The Balaban J connectivity index is 0.000000149. The van der Waals surface area contributed by atoms with Crippen LogP contribution in [-0.2, 0) is 44.9 Å². The zero-order chi connectivity index (χ0) is 63.9. The molecule has 0 heterocycles. The van der Waals surface area contributed by atoms with Gasteiger partial charge in [-0.05, 0) is 273 Å². The molecule has 3 unspecified atom stereocenters. The van der Waals surface area contributed by atoms with Crippen LogP contribution in [0.3, 0.4) is 0 Å². The van der Waals surface area contributed by atoms with E-state index in [0.29, 0.717) is 23.7 Å². The van der Waals surface area contributed by atoms with Crippen molar-refractivity contribution in [1.82, 2.24) is 0 Å². The first-order valence-corrected chi connectivity index (χ1v) is 34.2. The van der Waals surface area contributed by atoms with Crippen LogP contribution in [0.15, 0.2) is 216 Å². The van der Waals surface area contributed by atoms with Gasteiger partial charge in [-0.2, -0.15) is 0 Å². The van der Waals surface area contributed by atoms with Crippen molar-refractivity contribution in [2.45, 2.75) is 199 Å². The minimum absolute atomic E-state index is 0.432. The third-order valence-electron chi connectivity index (χ3n) is 20.2. The first kappa shape index (κ1) is 65.2. The molecule has 462 valence electrons. The molecule has 0 aliphatic heterocycles. The Morgan fingerprint density at radius 1 is 0.333 bits per heavy atom. The Bertz CT molecular complexity index is 4110. The Morgan fingerprint density at radius 3 is 1.03 bits per heavy atom. The van der Waals surface area contributed by atoms with Gasteiger partial charge in [-0.25, -0.2) is 0 Å². The minimum Gasteiger partial charge on any atom is -0.0730 e. The van der Waals surface area contributed by atoms with Crippen molar-refractivity contribution >= 4 is 16.7 Å². The summed E-state index contributed by atoms with van der Waals surface area (Å²) in [5, 5.41) is 0. The van der Waals surface area contributed by atoms with Gasteiger partial charge in [-0.15, -0.1) is 0 Å².